The van der Waals surface area contributed by atoms with Gasteiger partial charge < -0.3 is 75.1 Å². The lowest BCUT2D eigenvalue weighted by atomic mass is 9.88. The molecule has 12 heterocycles. The van der Waals surface area contributed by atoms with Crippen molar-refractivity contribution in [1.29, 1.82) is 0 Å². The van der Waals surface area contributed by atoms with Crippen molar-refractivity contribution in [2.75, 3.05) is 52.5 Å². The highest BCUT2D eigenvalue weighted by Crippen LogP contribution is 2.47. The maximum absolute atomic E-state index is 9.83. The van der Waals surface area contributed by atoms with Crippen molar-refractivity contribution in [3.8, 4) is 0 Å². The number of nitrogens with zero attached hydrogens (tertiary/aromatic N) is 4. The van der Waals surface area contributed by atoms with Crippen molar-refractivity contribution in [2.45, 2.75) is 172 Å². The molecule has 12 rings (SSSR count). The fourth-order valence-corrected chi connectivity index (χ4v) is 11.3. The maximum atomic E-state index is 9.83. The lowest BCUT2D eigenvalue weighted by Gasteiger charge is -2.40. The Bertz CT molecular complexity index is 1380. The Morgan fingerprint density at radius 2 is 1.15 bits per heavy atom. The molecule has 2 spiro atoms. The van der Waals surface area contributed by atoms with Gasteiger partial charge in [-0.15, -0.1) is 0 Å². The monoisotopic (exact) mass is 788 g/mol. The van der Waals surface area contributed by atoms with Crippen LogP contribution in [0.2, 0.25) is 0 Å². The fourth-order valence-electron chi connectivity index (χ4n) is 11.3. The van der Waals surface area contributed by atoms with E-state index >= 15 is 0 Å². The molecule has 0 bridgehead atoms. The summed E-state index contributed by atoms with van der Waals surface area (Å²) in [6.45, 7) is 5.06. The Morgan fingerprint density at radius 3 is 1.80 bits per heavy atom. The summed E-state index contributed by atoms with van der Waals surface area (Å²) in [7, 11) is 0. The molecule has 12 fully saturated rings. The first-order valence-corrected chi connectivity index (χ1v) is 20.3. The van der Waals surface area contributed by atoms with E-state index < -0.39 is 67.1 Å². The minimum Gasteiger partial charge on any atom is -0.391 e. The van der Waals surface area contributed by atoms with Crippen LogP contribution in [-0.4, -0.2) is 255 Å². The van der Waals surface area contributed by atoms with Crippen LogP contribution in [0.4, 0.5) is 0 Å². The zero-order chi connectivity index (χ0) is 38.7. The molecule has 314 valence electrons. The smallest absolute Gasteiger partial charge is 0.146 e. The average Bonchev–Trinajstić information content (AvgIpc) is 4.01. The zero-order valence-electron chi connectivity index (χ0n) is 30.9. The van der Waals surface area contributed by atoms with Gasteiger partial charge in [0.05, 0.1) is 117 Å². The van der Waals surface area contributed by atoms with Crippen molar-refractivity contribution < 1.29 is 75.1 Å². The van der Waals surface area contributed by atoms with Gasteiger partial charge in [0, 0.05) is 38.6 Å². The average molecular weight is 789 g/mol. The summed E-state index contributed by atoms with van der Waals surface area (Å²) in [4.78, 5) is 8.00. The van der Waals surface area contributed by atoms with Gasteiger partial charge in [-0.2, -0.15) is 0 Å². The molecule has 0 amide bonds. The van der Waals surface area contributed by atoms with Crippen LogP contribution in [0.3, 0.4) is 0 Å². The lowest BCUT2D eigenvalue weighted by Crippen LogP contribution is -2.55. The van der Waals surface area contributed by atoms with E-state index in [1.54, 1.807) is 0 Å². The molecule has 0 radical (unpaired) electrons. The van der Waals surface area contributed by atoms with E-state index in [2.05, 4.69) is 4.90 Å². The van der Waals surface area contributed by atoms with E-state index in [0.29, 0.717) is 52.0 Å². The maximum Gasteiger partial charge on any atom is 0.146 e. The molecule has 0 saturated carbocycles. The summed E-state index contributed by atoms with van der Waals surface area (Å²) in [6, 6.07) is -0.663. The van der Waals surface area contributed by atoms with Crippen molar-refractivity contribution in [3.05, 3.63) is 0 Å². The van der Waals surface area contributed by atoms with Gasteiger partial charge in [-0.1, -0.05) is 0 Å². The Hall–Kier alpha value is -0.760. The summed E-state index contributed by atoms with van der Waals surface area (Å²) in [6.07, 6.45) is -1.41. The third-order valence-electron chi connectivity index (χ3n) is 14.5. The van der Waals surface area contributed by atoms with Gasteiger partial charge in [-0.25, -0.2) is 0 Å². The molecule has 0 aliphatic carbocycles. The third kappa shape index (κ3) is 7.11. The summed E-state index contributed by atoms with van der Waals surface area (Å²) >= 11 is 0. The number of hydrogen-bond donors (Lipinski definition) is 11. The third-order valence-corrected chi connectivity index (χ3v) is 14.5. The second-order valence-corrected chi connectivity index (χ2v) is 17.9. The predicted octanol–water partition coefficient (Wildman–Crippen LogP) is -6.57. The van der Waals surface area contributed by atoms with Gasteiger partial charge in [-0.05, 0) is 45.1 Å². The van der Waals surface area contributed by atoms with Gasteiger partial charge >= 0.3 is 0 Å². The topological polar surface area (TPSA) is 286 Å². The number of rotatable bonds is 1. The van der Waals surface area contributed by atoms with Crippen LogP contribution in [-0.2, 0) is 18.9 Å². The Balaban J connectivity index is 0.0000000964. The van der Waals surface area contributed by atoms with E-state index in [9.17, 15) is 56.2 Å². The van der Waals surface area contributed by atoms with Crippen molar-refractivity contribution in [3.63, 3.8) is 0 Å². The number of aliphatic hydroxyl groups excluding tert-OH is 11. The Morgan fingerprint density at radius 1 is 0.545 bits per heavy atom. The highest BCUT2D eigenvalue weighted by atomic mass is 16.6. The quantitative estimate of drug-likeness (QED) is 0.110. The van der Waals surface area contributed by atoms with E-state index in [-0.39, 0.29) is 60.0 Å². The molecule has 55 heavy (non-hydrogen) atoms. The molecule has 12 saturated heterocycles. The summed E-state index contributed by atoms with van der Waals surface area (Å²) in [5.74, 6) is 0. The molecule has 12 aliphatic rings. The zero-order valence-corrected chi connectivity index (χ0v) is 30.9. The van der Waals surface area contributed by atoms with Gasteiger partial charge in [-0.3, -0.25) is 19.6 Å². The van der Waals surface area contributed by atoms with Crippen LogP contribution in [0.1, 0.15) is 44.9 Å². The second kappa shape index (κ2) is 14.8. The normalized spacial score (nSPS) is 57.1. The first kappa shape index (κ1) is 39.7. The van der Waals surface area contributed by atoms with E-state index in [1.165, 1.54) is 0 Å². The summed E-state index contributed by atoms with van der Waals surface area (Å²) < 4.78 is 21.4. The minimum atomic E-state index is -0.841. The van der Waals surface area contributed by atoms with E-state index in [4.69, 9.17) is 18.9 Å². The van der Waals surface area contributed by atoms with Gasteiger partial charge in [0.2, 0.25) is 0 Å². The van der Waals surface area contributed by atoms with Crippen molar-refractivity contribution >= 4 is 0 Å². The van der Waals surface area contributed by atoms with Crippen LogP contribution >= 0.6 is 0 Å². The van der Waals surface area contributed by atoms with Gasteiger partial charge in [0.15, 0.2) is 0 Å². The fraction of sp³-hybridized carbons (Fsp3) is 1.00. The number of fused-ring (bicyclic) bond motifs is 8. The lowest BCUT2D eigenvalue weighted by molar-refractivity contribution is -0.0773. The molecule has 4 unspecified atom stereocenters. The molecule has 19 nitrogen and oxygen atoms in total. The standard InChI is InChI=1S/C10H17NO4.C9H15NO4.C9H15NO3.C8H13NO4/c12-6-2-1-5(8-4-15-8)11-3-7(13)10(14)9(6)11;11-5-1-2-9(4-14-9)10-3-6(12)8(13)7(5)10;11-6-4-10-3-1-2-9(5-13-9)8(10)7(6)12;10-3-1-5-8(13-5)9-2-4(11)7(12)6(3)9/h5-10,12-14H,1-4H2;5-8,11-13H,1-4H2;6-8,11-12H,1-5H2;3-8,10-12H,1-2H2/t5?,6-,7-,8?,9-,10-;5-,6-,7-,8-,9+;6-,7-,8+,9+;3-,4-,5?,6-,7-,8?/m1111/s1. The first-order valence-electron chi connectivity index (χ1n) is 20.3. The Kier molecular flexibility index (Phi) is 10.6. The van der Waals surface area contributed by atoms with Crippen molar-refractivity contribution in [1.82, 2.24) is 19.6 Å². The molecule has 21 atom stereocenters. The number of ether oxygens (including phenoxy) is 4. The van der Waals surface area contributed by atoms with Crippen LogP contribution in [0, 0.1) is 0 Å². The molecule has 0 aromatic carbocycles. The van der Waals surface area contributed by atoms with Crippen LogP contribution in [0.15, 0.2) is 0 Å². The minimum absolute atomic E-state index is 0.0280. The second-order valence-electron chi connectivity index (χ2n) is 17.9. The highest BCUT2D eigenvalue weighted by molar-refractivity contribution is 5.14. The summed E-state index contributed by atoms with van der Waals surface area (Å²) in [5.41, 5.74) is -0.377. The van der Waals surface area contributed by atoms with Crippen LogP contribution in [0.5, 0.6) is 0 Å². The van der Waals surface area contributed by atoms with Gasteiger partial charge in [0.1, 0.15) is 23.7 Å². The van der Waals surface area contributed by atoms with Crippen molar-refractivity contribution in [2.24, 2.45) is 0 Å². The molecule has 19 heteroatoms. The van der Waals surface area contributed by atoms with E-state index in [0.717, 1.165) is 45.4 Å². The number of epoxide rings is 4. The number of hydrogen-bond acceptors (Lipinski definition) is 19. The molecular weight excluding hydrogens is 728 g/mol. The first-order chi connectivity index (χ1) is 26.2. The largest absolute Gasteiger partial charge is 0.391 e. The molecule has 0 aromatic rings. The molecule has 12 aliphatic heterocycles. The molecular formula is C36H60N4O15. The van der Waals surface area contributed by atoms with Gasteiger partial charge in [0.25, 0.3) is 0 Å². The van der Waals surface area contributed by atoms with Crippen LogP contribution in [0.25, 0.3) is 0 Å². The molecule has 0 aromatic heterocycles. The van der Waals surface area contributed by atoms with Crippen LogP contribution < -0.4 is 0 Å². The summed E-state index contributed by atoms with van der Waals surface area (Å²) in [5, 5.41) is 106. The predicted molar refractivity (Wildman–Crippen MR) is 185 cm³/mol. The number of aliphatic hydroxyl groups is 11. The Labute approximate surface area is 319 Å². The number of piperidine rings is 4. The molecule has 11 N–H and O–H groups in total. The SMILES string of the molecule is O[C@@H]1[C@H](O)CN2CCC[C@]3(CO3)[C@H]12.O[C@H]1[C@H]2[C@H](O)CC3OC3N2C[C@H]1O.O[C@H]1[C@H]2[C@H](O)CCC(C3CO3)N2C[C@H]1O.O[C@H]1[C@H]2[C@H](O)CC[C@]3(CO3)N2C[C@H]1O. The highest BCUT2D eigenvalue weighted by Gasteiger charge is 2.63. The van der Waals surface area contributed by atoms with E-state index in [1.807, 2.05) is 14.7 Å².